The van der Waals surface area contributed by atoms with Crippen molar-refractivity contribution in [3.05, 3.63) is 245 Å². The standard InChI is InChI=1S/C26H27N3O3S.C25H25N3O3S.C24H24N4O4S2/c1-26(2,30)22-7-5-4-6-19(22)17-10-13-23-24(14-17)28-25(27-23)21-15-20(21)16-8-11-18(12-9-16)29-33(3,31)32;1-15(29)19-5-3-4-6-20(19)17-9-12-23-24(13-17)27-25(26-23)22-14-21(22)16-7-10-18(11-8-16)28-32(2,30)31;1-33(29,30)27-17-10-7-15(8-11-17)19-14-20(19)24-25-22-12-9-16(13-23(22)26-24)18-5-3-4-6-21(18)28-34(2,31)32/h4-14,20-21,29-30H,15H2,1-3H3,(H,27,28);3-13,15,21-22,28-29H,14H2,1-2H3,(H,26,27);3-13,19-20,27-28H,14H2,1-2H3,(H,25,26). The van der Waals surface area contributed by atoms with Crippen molar-refractivity contribution in [2.45, 2.75) is 87.2 Å². The number of aliphatic hydroxyl groups excluding tert-OH is 1. The third-order valence-electron chi connectivity index (χ3n) is 18.0. The molecule has 3 aromatic heterocycles. The van der Waals surface area contributed by atoms with Crippen LogP contribution in [0.3, 0.4) is 0 Å². The molecule has 0 bridgehead atoms. The maximum atomic E-state index is 11.8. The number of anilines is 4. The third-order valence-corrected chi connectivity index (χ3v) is 20.4. The summed E-state index contributed by atoms with van der Waals surface area (Å²) in [7, 11) is -13.2. The van der Waals surface area contributed by atoms with Gasteiger partial charge in [0.1, 0.15) is 17.5 Å². The van der Waals surface area contributed by atoms with Crippen molar-refractivity contribution in [1.82, 2.24) is 29.9 Å². The Kier molecular flexibility index (Phi) is 18.2. The molecule has 0 spiro atoms. The van der Waals surface area contributed by atoms with Crippen LogP contribution in [-0.4, -0.2) is 98.8 Å². The topological polar surface area (TPSA) is 311 Å². The van der Waals surface area contributed by atoms with Crippen LogP contribution in [0.25, 0.3) is 66.5 Å². The number of rotatable bonds is 19. The largest absolute Gasteiger partial charge is 0.389 e. The van der Waals surface area contributed by atoms with E-state index in [1.165, 1.54) is 11.1 Å². The molecular weight excluding hydrogens is 1330 g/mol. The van der Waals surface area contributed by atoms with E-state index in [4.69, 9.17) is 15.0 Å². The SMILES string of the molecule is CC(C)(O)c1ccccc1-c1ccc2nc(C3CC3c3ccc(NS(C)(=O)=O)cc3)[nH]c2c1.CC(O)c1ccccc1-c1ccc2nc(C3CC3c3ccc(NS(C)(=O)=O)cc3)[nH]c2c1.CS(=O)(=O)Nc1ccc(C2CC2c2nc3ccc(-c4ccccc4NS(C)(=O)=O)cc3[nH]2)cc1. The quantitative estimate of drug-likeness (QED) is 0.0364. The van der Waals surface area contributed by atoms with Gasteiger partial charge in [-0.1, -0.05) is 121 Å². The highest BCUT2D eigenvalue weighted by molar-refractivity contribution is 7.92. The molecule has 3 heterocycles. The highest BCUT2D eigenvalue weighted by atomic mass is 32.2. The van der Waals surface area contributed by atoms with Crippen LogP contribution in [0.1, 0.15) is 127 Å². The summed E-state index contributed by atoms with van der Waals surface area (Å²) < 4.78 is 102. The van der Waals surface area contributed by atoms with Gasteiger partial charge in [0.2, 0.25) is 40.1 Å². The molecule has 0 amide bonds. The summed E-state index contributed by atoms with van der Waals surface area (Å²) >= 11 is 0. The number of aliphatic hydroxyl groups is 2. The fourth-order valence-electron chi connectivity index (χ4n) is 13.2. The third kappa shape index (κ3) is 16.4. The van der Waals surface area contributed by atoms with Gasteiger partial charge in [-0.3, -0.25) is 18.9 Å². The summed E-state index contributed by atoms with van der Waals surface area (Å²) in [6.07, 6.45) is 7.00. The lowest BCUT2D eigenvalue weighted by Gasteiger charge is -2.21. The van der Waals surface area contributed by atoms with Crippen molar-refractivity contribution in [1.29, 1.82) is 0 Å². The van der Waals surface area contributed by atoms with E-state index in [1.54, 1.807) is 69.3 Å². The lowest BCUT2D eigenvalue weighted by molar-refractivity contribution is 0.0792. The number of imidazole rings is 3. The number of H-pyrrole nitrogens is 3. The molecule has 7 atom stereocenters. The predicted molar refractivity (Wildman–Crippen MR) is 394 cm³/mol. The van der Waals surface area contributed by atoms with E-state index in [0.29, 0.717) is 52.3 Å². The van der Waals surface area contributed by atoms with E-state index in [0.717, 1.165) is 145 Å². The van der Waals surface area contributed by atoms with Crippen LogP contribution in [0, 0.1) is 0 Å². The first-order valence-corrected chi connectivity index (χ1v) is 39.9. The molecule has 3 aliphatic carbocycles. The molecule has 9 aromatic carbocycles. The smallest absolute Gasteiger partial charge is 0.229 e. The zero-order valence-corrected chi connectivity index (χ0v) is 58.6. The minimum Gasteiger partial charge on any atom is -0.389 e. The van der Waals surface area contributed by atoms with Gasteiger partial charge in [-0.15, -0.1) is 0 Å². The predicted octanol–water partition coefficient (Wildman–Crippen LogP) is 14.3. The fraction of sp³-hybridized carbons (Fsp3) is 0.240. The summed E-state index contributed by atoms with van der Waals surface area (Å²) in [4.78, 5) is 24.8. The van der Waals surface area contributed by atoms with Crippen LogP contribution in [0.5, 0.6) is 0 Å². The maximum Gasteiger partial charge on any atom is 0.229 e. The Bertz CT molecular complexity index is 5500. The molecule has 0 radical (unpaired) electrons. The molecule has 12 aromatic rings. The second kappa shape index (κ2) is 26.5. The number of nitrogens with one attached hydrogen (secondary N) is 7. The minimum atomic E-state index is -3.40. The molecule has 15 rings (SSSR count). The number of aromatic nitrogens is 6. The van der Waals surface area contributed by atoms with Gasteiger partial charge in [-0.2, -0.15) is 0 Å². The van der Waals surface area contributed by atoms with Gasteiger partial charge in [0.25, 0.3) is 0 Å². The monoisotopic (exact) mass is 1400 g/mol. The Morgan fingerprint density at radius 1 is 0.404 bits per heavy atom. The van der Waals surface area contributed by atoms with E-state index in [1.807, 2.05) is 133 Å². The highest BCUT2D eigenvalue weighted by Crippen LogP contribution is 2.56. The first-order valence-electron chi connectivity index (χ1n) is 32.3. The minimum absolute atomic E-state index is 0.267. The summed E-state index contributed by atoms with van der Waals surface area (Å²) in [5.74, 6) is 4.84. The normalized spacial score (nSPS) is 18.5. The Morgan fingerprint density at radius 2 is 0.727 bits per heavy atom. The summed E-state index contributed by atoms with van der Waals surface area (Å²) in [5, 5.41) is 20.7. The Labute approximate surface area is 576 Å². The molecule has 510 valence electrons. The van der Waals surface area contributed by atoms with Gasteiger partial charge in [0.15, 0.2) is 0 Å². The first-order chi connectivity index (χ1) is 46.9. The van der Waals surface area contributed by atoms with Gasteiger partial charge in [-0.25, -0.2) is 48.6 Å². The summed E-state index contributed by atoms with van der Waals surface area (Å²) in [6.45, 7) is 5.38. The number of nitrogens with zero attached hydrogens (tertiary/aromatic N) is 3. The Morgan fingerprint density at radius 3 is 1.09 bits per heavy atom. The molecule has 0 aliphatic heterocycles. The number of sulfonamides is 4. The molecular formula is C75H76N10O10S4. The van der Waals surface area contributed by atoms with E-state index in [-0.39, 0.29) is 5.92 Å². The zero-order chi connectivity index (χ0) is 69.9. The van der Waals surface area contributed by atoms with Gasteiger partial charge in [0.05, 0.1) is 75.5 Å². The molecule has 0 saturated heterocycles. The van der Waals surface area contributed by atoms with E-state index in [9.17, 15) is 43.9 Å². The Hall–Kier alpha value is -9.69. The lowest BCUT2D eigenvalue weighted by atomic mass is 9.89. The van der Waals surface area contributed by atoms with Crippen LogP contribution < -0.4 is 18.9 Å². The first kappa shape index (κ1) is 67.9. The van der Waals surface area contributed by atoms with Gasteiger partial charge in [0, 0.05) is 40.4 Å². The molecule has 99 heavy (non-hydrogen) atoms. The average Bonchev–Trinajstić information content (AvgIpc) is 1.62. The van der Waals surface area contributed by atoms with Crippen molar-refractivity contribution < 1.29 is 43.9 Å². The van der Waals surface area contributed by atoms with E-state index >= 15 is 0 Å². The van der Waals surface area contributed by atoms with Crippen LogP contribution in [0.2, 0.25) is 0 Å². The number of aromatic amines is 3. The number of hydrogen-bond acceptors (Lipinski definition) is 13. The van der Waals surface area contributed by atoms with Gasteiger partial charge < -0.3 is 25.2 Å². The van der Waals surface area contributed by atoms with Crippen molar-refractivity contribution >= 4 is 95.9 Å². The van der Waals surface area contributed by atoms with Crippen LogP contribution in [0.15, 0.2) is 200 Å². The second-order valence-corrected chi connectivity index (χ2v) is 33.7. The van der Waals surface area contributed by atoms with E-state index < -0.39 is 51.8 Å². The molecule has 7 unspecified atom stereocenters. The maximum absolute atomic E-state index is 11.8. The molecule has 24 heteroatoms. The van der Waals surface area contributed by atoms with Crippen molar-refractivity contribution in [2.75, 3.05) is 43.9 Å². The molecule has 3 saturated carbocycles. The van der Waals surface area contributed by atoms with Crippen LogP contribution in [0.4, 0.5) is 22.7 Å². The fourth-order valence-corrected chi connectivity index (χ4v) is 15.4. The molecule has 20 nitrogen and oxygen atoms in total. The van der Waals surface area contributed by atoms with Crippen molar-refractivity contribution in [3.8, 4) is 33.4 Å². The number of fused-ring (bicyclic) bond motifs is 3. The summed E-state index contributed by atoms with van der Waals surface area (Å²) in [5.41, 5.74) is 17.9. The number of para-hydroxylation sites is 1. The van der Waals surface area contributed by atoms with Gasteiger partial charge in [-0.05, 0) is 192 Å². The van der Waals surface area contributed by atoms with Crippen LogP contribution in [-0.2, 0) is 45.7 Å². The van der Waals surface area contributed by atoms with E-state index in [2.05, 4.69) is 52.0 Å². The second-order valence-electron chi connectivity index (χ2n) is 26.7. The zero-order valence-electron chi connectivity index (χ0n) is 55.4. The number of benzene rings is 9. The van der Waals surface area contributed by atoms with Gasteiger partial charge >= 0.3 is 0 Å². The summed E-state index contributed by atoms with van der Waals surface area (Å²) in [6, 6.07) is 63.9. The molecule has 9 N–H and O–H groups in total. The highest BCUT2D eigenvalue weighted by Gasteiger charge is 2.44. The van der Waals surface area contributed by atoms with Crippen molar-refractivity contribution in [3.63, 3.8) is 0 Å². The number of hydrogen-bond donors (Lipinski definition) is 9. The Balaban J connectivity index is 0.000000133. The molecule has 3 fully saturated rings. The van der Waals surface area contributed by atoms with Crippen LogP contribution >= 0.6 is 0 Å². The van der Waals surface area contributed by atoms with Crippen molar-refractivity contribution in [2.24, 2.45) is 0 Å². The molecule has 3 aliphatic rings. The average molecular weight is 1410 g/mol. The lowest BCUT2D eigenvalue weighted by Crippen LogP contribution is -2.16.